The van der Waals surface area contributed by atoms with Gasteiger partial charge >= 0.3 is 5.69 Å². The summed E-state index contributed by atoms with van der Waals surface area (Å²) in [5.74, 6) is -0.355. The zero-order valence-corrected chi connectivity index (χ0v) is 10.8. The summed E-state index contributed by atoms with van der Waals surface area (Å²) < 4.78 is 5.28. The van der Waals surface area contributed by atoms with Gasteiger partial charge in [-0.25, -0.2) is 0 Å². The fourth-order valence-corrected chi connectivity index (χ4v) is 1.45. The SMILES string of the molecule is C[C@H](Oc1ccc(C=O)cc1[N+](=O)[O-])C(=O)N(C)C. The molecule has 19 heavy (non-hydrogen) atoms. The molecule has 0 N–H and O–H groups in total. The topological polar surface area (TPSA) is 89.7 Å². The summed E-state index contributed by atoms with van der Waals surface area (Å²) >= 11 is 0. The van der Waals surface area contributed by atoms with Crippen LogP contribution in [-0.4, -0.2) is 42.2 Å². The summed E-state index contributed by atoms with van der Waals surface area (Å²) in [4.78, 5) is 33.8. The van der Waals surface area contributed by atoms with Crippen LogP contribution in [0.5, 0.6) is 5.75 Å². The normalized spacial score (nSPS) is 11.5. The molecule has 1 aromatic carbocycles. The largest absolute Gasteiger partial charge is 0.474 e. The number of hydrogen-bond acceptors (Lipinski definition) is 5. The second-order valence-corrected chi connectivity index (χ2v) is 4.09. The summed E-state index contributed by atoms with van der Waals surface area (Å²) in [6.45, 7) is 1.50. The number of ether oxygens (including phenoxy) is 1. The molecule has 0 aliphatic carbocycles. The minimum atomic E-state index is -0.851. The van der Waals surface area contributed by atoms with Crippen LogP contribution in [0.1, 0.15) is 17.3 Å². The maximum atomic E-state index is 11.6. The minimum absolute atomic E-state index is 0.0432. The number of nitro groups is 1. The van der Waals surface area contributed by atoms with Crippen LogP contribution in [0, 0.1) is 10.1 Å². The highest BCUT2D eigenvalue weighted by Crippen LogP contribution is 2.28. The lowest BCUT2D eigenvalue weighted by Gasteiger charge is -2.18. The van der Waals surface area contributed by atoms with E-state index in [1.54, 1.807) is 14.1 Å². The average Bonchev–Trinajstić information content (AvgIpc) is 2.37. The van der Waals surface area contributed by atoms with E-state index < -0.39 is 11.0 Å². The molecule has 0 aliphatic rings. The first kappa shape index (κ1) is 14.6. The molecule has 7 heteroatoms. The average molecular weight is 266 g/mol. The number of nitro benzene ring substituents is 1. The zero-order valence-electron chi connectivity index (χ0n) is 10.8. The minimum Gasteiger partial charge on any atom is -0.474 e. The summed E-state index contributed by atoms with van der Waals surface area (Å²) in [6, 6.07) is 3.80. The Morgan fingerprint density at radius 1 is 1.47 bits per heavy atom. The lowest BCUT2D eigenvalue weighted by molar-refractivity contribution is -0.386. The van der Waals surface area contributed by atoms with E-state index in [2.05, 4.69) is 0 Å². The Hall–Kier alpha value is -2.44. The summed E-state index contributed by atoms with van der Waals surface area (Å²) in [7, 11) is 3.12. The lowest BCUT2D eigenvalue weighted by Crippen LogP contribution is -2.35. The molecule has 1 atom stereocenters. The zero-order chi connectivity index (χ0) is 14.6. The Bertz CT molecular complexity index is 513. The monoisotopic (exact) mass is 266 g/mol. The number of rotatable bonds is 5. The molecule has 0 heterocycles. The number of hydrogen-bond donors (Lipinski definition) is 0. The third-order valence-electron chi connectivity index (χ3n) is 2.41. The summed E-state index contributed by atoms with van der Waals surface area (Å²) in [6.07, 6.45) is -0.346. The van der Waals surface area contributed by atoms with Gasteiger partial charge in [0.2, 0.25) is 0 Å². The van der Waals surface area contributed by atoms with Gasteiger partial charge in [-0.1, -0.05) is 0 Å². The van der Waals surface area contributed by atoms with E-state index in [0.717, 1.165) is 6.07 Å². The van der Waals surface area contributed by atoms with Crippen molar-refractivity contribution in [3.63, 3.8) is 0 Å². The van der Waals surface area contributed by atoms with E-state index in [-0.39, 0.29) is 22.9 Å². The van der Waals surface area contributed by atoms with Crippen molar-refractivity contribution >= 4 is 17.9 Å². The molecule has 0 aromatic heterocycles. The first-order valence-corrected chi connectivity index (χ1v) is 5.48. The van der Waals surface area contributed by atoms with Crippen molar-refractivity contribution in [2.45, 2.75) is 13.0 Å². The number of benzene rings is 1. The maximum absolute atomic E-state index is 11.6. The molecule has 0 saturated carbocycles. The predicted octanol–water partition coefficient (Wildman–Crippen LogP) is 1.26. The third kappa shape index (κ3) is 3.51. The third-order valence-corrected chi connectivity index (χ3v) is 2.41. The van der Waals surface area contributed by atoms with Crippen molar-refractivity contribution < 1.29 is 19.2 Å². The second-order valence-electron chi connectivity index (χ2n) is 4.09. The van der Waals surface area contributed by atoms with E-state index in [1.807, 2.05) is 0 Å². The smallest absolute Gasteiger partial charge is 0.311 e. The van der Waals surface area contributed by atoms with Gasteiger partial charge in [0.1, 0.15) is 6.29 Å². The van der Waals surface area contributed by atoms with Crippen molar-refractivity contribution in [3.8, 4) is 5.75 Å². The molecule has 0 aliphatic heterocycles. The molecule has 1 aromatic rings. The molecule has 0 bridgehead atoms. The van der Waals surface area contributed by atoms with E-state index >= 15 is 0 Å². The van der Waals surface area contributed by atoms with E-state index in [9.17, 15) is 19.7 Å². The number of likely N-dealkylation sites (N-methyl/N-ethyl adjacent to an activating group) is 1. The van der Waals surface area contributed by atoms with Crippen LogP contribution in [0.2, 0.25) is 0 Å². The highest BCUT2D eigenvalue weighted by atomic mass is 16.6. The van der Waals surface area contributed by atoms with Crippen LogP contribution in [0.4, 0.5) is 5.69 Å². The van der Waals surface area contributed by atoms with Gasteiger partial charge in [0, 0.05) is 25.7 Å². The van der Waals surface area contributed by atoms with Gasteiger partial charge in [-0.3, -0.25) is 19.7 Å². The molecule has 0 spiro atoms. The standard InChI is InChI=1S/C12H14N2O5/c1-8(12(16)13(2)3)19-11-5-4-9(7-15)6-10(11)14(17)18/h4-8H,1-3H3/t8-/m0/s1. The van der Waals surface area contributed by atoms with Crippen molar-refractivity contribution in [2.24, 2.45) is 0 Å². The quantitative estimate of drug-likeness (QED) is 0.454. The van der Waals surface area contributed by atoms with Crippen molar-refractivity contribution in [3.05, 3.63) is 33.9 Å². The maximum Gasteiger partial charge on any atom is 0.311 e. The highest BCUT2D eigenvalue weighted by molar-refractivity contribution is 5.81. The van der Waals surface area contributed by atoms with Gasteiger partial charge in [0.15, 0.2) is 11.9 Å². The highest BCUT2D eigenvalue weighted by Gasteiger charge is 2.22. The number of nitrogens with zero attached hydrogens (tertiary/aromatic N) is 2. The van der Waals surface area contributed by atoms with Gasteiger partial charge in [0.25, 0.3) is 5.91 Å². The molecule has 1 rings (SSSR count). The molecule has 1 amide bonds. The molecule has 102 valence electrons. The lowest BCUT2D eigenvalue weighted by atomic mass is 10.2. The summed E-state index contributed by atoms with van der Waals surface area (Å²) in [5.41, 5.74) is -0.173. The van der Waals surface area contributed by atoms with Gasteiger partial charge < -0.3 is 9.64 Å². The molecule has 0 unspecified atom stereocenters. The van der Waals surface area contributed by atoms with Gasteiger partial charge in [-0.05, 0) is 19.1 Å². The van der Waals surface area contributed by atoms with Crippen LogP contribution in [0.15, 0.2) is 18.2 Å². The Labute approximate surface area is 109 Å². The Kier molecular flexibility index (Phi) is 4.57. The van der Waals surface area contributed by atoms with Gasteiger partial charge in [-0.2, -0.15) is 0 Å². The van der Waals surface area contributed by atoms with Crippen LogP contribution in [0.25, 0.3) is 0 Å². The van der Waals surface area contributed by atoms with Crippen molar-refractivity contribution in [1.29, 1.82) is 0 Å². The molecule has 0 fully saturated rings. The summed E-state index contributed by atoms with van der Waals surface area (Å²) in [5, 5.41) is 10.9. The van der Waals surface area contributed by atoms with E-state index in [1.165, 1.54) is 24.0 Å². The van der Waals surface area contributed by atoms with Crippen molar-refractivity contribution in [2.75, 3.05) is 14.1 Å². The Morgan fingerprint density at radius 2 is 2.11 bits per heavy atom. The number of carbonyl (C=O) groups is 2. The number of aldehydes is 1. The Morgan fingerprint density at radius 3 is 2.58 bits per heavy atom. The van der Waals surface area contributed by atoms with Gasteiger partial charge in [-0.15, -0.1) is 0 Å². The molecular weight excluding hydrogens is 252 g/mol. The molecular formula is C12H14N2O5. The first-order chi connectivity index (χ1) is 8.86. The van der Waals surface area contributed by atoms with Crippen LogP contribution in [0.3, 0.4) is 0 Å². The van der Waals surface area contributed by atoms with Crippen LogP contribution in [-0.2, 0) is 4.79 Å². The molecule has 0 radical (unpaired) electrons. The van der Waals surface area contributed by atoms with E-state index in [4.69, 9.17) is 4.74 Å². The van der Waals surface area contributed by atoms with Crippen LogP contribution < -0.4 is 4.74 Å². The van der Waals surface area contributed by atoms with Gasteiger partial charge in [0.05, 0.1) is 4.92 Å². The molecule has 7 nitrogen and oxygen atoms in total. The Balaban J connectivity index is 3.04. The second kappa shape index (κ2) is 5.94. The predicted molar refractivity (Wildman–Crippen MR) is 67.3 cm³/mol. The fraction of sp³-hybridized carbons (Fsp3) is 0.333. The number of carbonyl (C=O) groups excluding carboxylic acids is 2. The fourth-order valence-electron chi connectivity index (χ4n) is 1.45. The van der Waals surface area contributed by atoms with Crippen molar-refractivity contribution in [1.82, 2.24) is 4.90 Å². The number of amides is 1. The first-order valence-electron chi connectivity index (χ1n) is 5.48. The van der Waals surface area contributed by atoms with E-state index in [0.29, 0.717) is 6.29 Å². The molecule has 0 saturated heterocycles. The van der Waals surface area contributed by atoms with Crippen LogP contribution >= 0.6 is 0 Å².